The summed E-state index contributed by atoms with van der Waals surface area (Å²) in [5.41, 5.74) is 0. The molecule has 1 fully saturated rings. The van der Waals surface area contributed by atoms with E-state index in [2.05, 4.69) is 32.3 Å². The number of likely N-dealkylation sites (N-methyl/N-ethyl adjacent to an activating group) is 1. The van der Waals surface area contributed by atoms with Crippen LogP contribution in [0.4, 0.5) is 13.2 Å². The molecular weight excluding hydrogens is 283 g/mol. The van der Waals surface area contributed by atoms with Crippen molar-refractivity contribution in [2.45, 2.75) is 19.5 Å². The molecule has 0 saturated carbocycles. The molecule has 0 radical (unpaired) electrons. The maximum atomic E-state index is 12.1. The van der Waals surface area contributed by atoms with Gasteiger partial charge in [-0.3, -0.25) is 9.89 Å². The number of nitrogens with one attached hydrogen (secondary N) is 2. The van der Waals surface area contributed by atoms with E-state index < -0.39 is 12.6 Å². The monoisotopic (exact) mass is 309 g/mol. The molecule has 0 unspecified atom stereocenters. The molecule has 0 aromatic heterocycles. The lowest BCUT2D eigenvalue weighted by Crippen LogP contribution is -2.49. The summed E-state index contributed by atoms with van der Waals surface area (Å²) in [7, 11) is 1.56. The molecular formula is C13H26F3N5. The first kappa shape index (κ1) is 18.0. The fraction of sp³-hybridized carbons (Fsp3) is 0.923. The Morgan fingerprint density at radius 2 is 1.62 bits per heavy atom. The van der Waals surface area contributed by atoms with Gasteiger partial charge in [0.1, 0.15) is 0 Å². The number of rotatable bonds is 6. The van der Waals surface area contributed by atoms with Gasteiger partial charge in [-0.05, 0) is 6.54 Å². The topological polar surface area (TPSA) is 42.9 Å². The summed E-state index contributed by atoms with van der Waals surface area (Å²) < 4.78 is 36.2. The summed E-state index contributed by atoms with van der Waals surface area (Å²) in [6.45, 7) is 8.87. The number of halogens is 3. The van der Waals surface area contributed by atoms with Gasteiger partial charge >= 0.3 is 6.18 Å². The van der Waals surface area contributed by atoms with Gasteiger partial charge in [-0.2, -0.15) is 13.2 Å². The predicted molar refractivity (Wildman–Crippen MR) is 78.6 cm³/mol. The van der Waals surface area contributed by atoms with E-state index in [0.29, 0.717) is 12.5 Å². The molecule has 0 spiro atoms. The van der Waals surface area contributed by atoms with E-state index in [1.54, 1.807) is 7.05 Å². The molecule has 0 aliphatic carbocycles. The summed E-state index contributed by atoms with van der Waals surface area (Å²) in [4.78, 5) is 8.67. The molecule has 2 N–H and O–H groups in total. The number of hydrogen-bond donors (Lipinski definition) is 2. The van der Waals surface area contributed by atoms with Gasteiger partial charge in [0, 0.05) is 52.9 Å². The van der Waals surface area contributed by atoms with Gasteiger partial charge in [0.25, 0.3) is 0 Å². The maximum Gasteiger partial charge on any atom is 0.390 e. The van der Waals surface area contributed by atoms with Crippen molar-refractivity contribution in [2.75, 3.05) is 59.4 Å². The molecule has 0 aromatic carbocycles. The fourth-order valence-corrected chi connectivity index (χ4v) is 2.20. The summed E-state index contributed by atoms with van der Waals surface area (Å²) in [6, 6.07) is 0. The summed E-state index contributed by atoms with van der Waals surface area (Å²) >= 11 is 0. The molecule has 1 aliphatic rings. The second-order valence-corrected chi connectivity index (χ2v) is 5.07. The lowest BCUT2D eigenvalue weighted by Gasteiger charge is -2.34. The van der Waals surface area contributed by atoms with Gasteiger partial charge in [-0.1, -0.05) is 6.92 Å². The second kappa shape index (κ2) is 9.09. The molecule has 5 nitrogen and oxygen atoms in total. The minimum atomic E-state index is -4.13. The Labute approximate surface area is 124 Å². The predicted octanol–water partition coefficient (Wildman–Crippen LogP) is 0.741. The largest absolute Gasteiger partial charge is 0.390 e. The molecule has 1 saturated heterocycles. The van der Waals surface area contributed by atoms with E-state index in [1.165, 1.54) is 0 Å². The van der Waals surface area contributed by atoms with E-state index in [0.717, 1.165) is 39.3 Å². The zero-order valence-electron chi connectivity index (χ0n) is 12.8. The molecule has 8 heteroatoms. The zero-order chi connectivity index (χ0) is 15.7. The van der Waals surface area contributed by atoms with Gasteiger partial charge in [0.15, 0.2) is 5.96 Å². The summed E-state index contributed by atoms with van der Waals surface area (Å²) in [6.07, 6.45) is -4.99. The fourth-order valence-electron chi connectivity index (χ4n) is 2.20. The van der Waals surface area contributed by atoms with Crippen molar-refractivity contribution in [1.82, 2.24) is 20.4 Å². The highest BCUT2D eigenvalue weighted by molar-refractivity contribution is 5.79. The Balaban J connectivity index is 2.12. The lowest BCUT2D eigenvalue weighted by molar-refractivity contribution is -0.132. The molecule has 1 rings (SSSR count). The van der Waals surface area contributed by atoms with E-state index in [-0.39, 0.29) is 6.54 Å². The smallest absolute Gasteiger partial charge is 0.356 e. The molecule has 21 heavy (non-hydrogen) atoms. The van der Waals surface area contributed by atoms with Gasteiger partial charge in [-0.15, -0.1) is 0 Å². The molecule has 0 amide bonds. The van der Waals surface area contributed by atoms with E-state index >= 15 is 0 Å². The molecule has 1 heterocycles. The zero-order valence-corrected chi connectivity index (χ0v) is 12.8. The highest BCUT2D eigenvalue weighted by Gasteiger charge is 2.26. The first-order valence-electron chi connectivity index (χ1n) is 7.40. The van der Waals surface area contributed by atoms with Crippen molar-refractivity contribution in [3.05, 3.63) is 0 Å². The van der Waals surface area contributed by atoms with Crippen LogP contribution in [0, 0.1) is 0 Å². The van der Waals surface area contributed by atoms with Crippen LogP contribution in [0.25, 0.3) is 0 Å². The number of aliphatic imine (C=N–C) groups is 1. The van der Waals surface area contributed by atoms with Crippen molar-refractivity contribution in [1.29, 1.82) is 0 Å². The quantitative estimate of drug-likeness (QED) is 0.561. The van der Waals surface area contributed by atoms with E-state index in [9.17, 15) is 13.2 Å². The van der Waals surface area contributed by atoms with Crippen LogP contribution in [-0.2, 0) is 0 Å². The highest BCUT2D eigenvalue weighted by Crippen LogP contribution is 2.17. The van der Waals surface area contributed by atoms with Crippen LogP contribution in [0.2, 0.25) is 0 Å². The van der Waals surface area contributed by atoms with Crippen molar-refractivity contribution in [2.24, 2.45) is 4.99 Å². The number of piperazine rings is 1. The third kappa shape index (κ3) is 8.11. The molecule has 124 valence electrons. The average molecular weight is 309 g/mol. The number of nitrogens with zero attached hydrogens (tertiary/aromatic N) is 3. The first-order valence-corrected chi connectivity index (χ1v) is 7.40. The summed E-state index contributed by atoms with van der Waals surface area (Å²) in [5.74, 6) is 0.423. The van der Waals surface area contributed by atoms with Crippen molar-refractivity contribution in [3.8, 4) is 0 Å². The van der Waals surface area contributed by atoms with Crippen LogP contribution in [0.3, 0.4) is 0 Å². The van der Waals surface area contributed by atoms with Crippen molar-refractivity contribution in [3.63, 3.8) is 0 Å². The number of alkyl halides is 3. The lowest BCUT2D eigenvalue weighted by atomic mass is 10.3. The van der Waals surface area contributed by atoms with Crippen molar-refractivity contribution >= 4 is 5.96 Å². The van der Waals surface area contributed by atoms with Gasteiger partial charge in [0.2, 0.25) is 0 Å². The van der Waals surface area contributed by atoms with Crippen LogP contribution < -0.4 is 10.6 Å². The van der Waals surface area contributed by atoms with Crippen LogP contribution in [0.15, 0.2) is 4.99 Å². The van der Waals surface area contributed by atoms with E-state index in [4.69, 9.17) is 0 Å². The Bertz CT molecular complexity index is 311. The molecule has 1 aliphatic heterocycles. The van der Waals surface area contributed by atoms with Gasteiger partial charge in [-0.25, -0.2) is 0 Å². The normalized spacial score (nSPS) is 18.8. The average Bonchev–Trinajstić information content (AvgIpc) is 2.45. The first-order chi connectivity index (χ1) is 9.94. The van der Waals surface area contributed by atoms with Crippen LogP contribution in [0.1, 0.15) is 13.3 Å². The third-order valence-electron chi connectivity index (χ3n) is 3.56. The SMILES string of the molecule is CCN1CCN(CCNC(=NC)NCCC(F)(F)F)CC1. The second-order valence-electron chi connectivity index (χ2n) is 5.07. The Kier molecular flexibility index (Phi) is 7.81. The standard InChI is InChI=1S/C13H26F3N5/c1-3-20-8-10-21(11-9-20)7-6-19-12(17-2)18-5-4-13(14,15)16/h3-11H2,1-2H3,(H2,17,18,19). The third-order valence-corrected chi connectivity index (χ3v) is 3.56. The van der Waals surface area contributed by atoms with Crippen LogP contribution >= 0.6 is 0 Å². The number of guanidine groups is 1. The van der Waals surface area contributed by atoms with Gasteiger partial charge in [0.05, 0.1) is 6.42 Å². The Hall–Kier alpha value is -1.02. The molecule has 0 aromatic rings. The van der Waals surface area contributed by atoms with Crippen LogP contribution in [-0.4, -0.2) is 81.3 Å². The molecule has 0 bridgehead atoms. The highest BCUT2D eigenvalue weighted by atomic mass is 19.4. The summed E-state index contributed by atoms with van der Waals surface area (Å²) in [5, 5.41) is 5.72. The molecule has 0 atom stereocenters. The minimum absolute atomic E-state index is 0.154. The van der Waals surface area contributed by atoms with Crippen LogP contribution in [0.5, 0.6) is 0 Å². The Morgan fingerprint density at radius 3 is 2.14 bits per heavy atom. The van der Waals surface area contributed by atoms with Gasteiger partial charge < -0.3 is 15.5 Å². The number of hydrogen-bond acceptors (Lipinski definition) is 3. The maximum absolute atomic E-state index is 12.1. The Morgan fingerprint density at radius 1 is 1.05 bits per heavy atom. The van der Waals surface area contributed by atoms with E-state index in [1.807, 2.05) is 0 Å². The minimum Gasteiger partial charge on any atom is -0.356 e. The van der Waals surface area contributed by atoms with Crippen molar-refractivity contribution < 1.29 is 13.2 Å².